The van der Waals surface area contributed by atoms with Crippen molar-refractivity contribution in [1.82, 2.24) is 19.9 Å². The lowest BCUT2D eigenvalue weighted by Crippen LogP contribution is -2.51. The largest absolute Gasteiger partial charge is 0.382 e. The van der Waals surface area contributed by atoms with E-state index in [2.05, 4.69) is 10.3 Å². The van der Waals surface area contributed by atoms with Gasteiger partial charge in [0.05, 0.1) is 18.2 Å². The normalized spacial score (nSPS) is 24.7. The second-order valence-corrected chi connectivity index (χ2v) is 7.99. The Kier molecular flexibility index (Phi) is 4.10. The van der Waals surface area contributed by atoms with Gasteiger partial charge in [0.1, 0.15) is 11.3 Å². The predicted octanol–water partition coefficient (Wildman–Crippen LogP) is 2.40. The van der Waals surface area contributed by atoms with Gasteiger partial charge < -0.3 is 10.0 Å². The van der Waals surface area contributed by atoms with Crippen LogP contribution in [0.3, 0.4) is 0 Å². The molecule has 0 radical (unpaired) electrons. The Morgan fingerprint density at radius 1 is 1.19 bits per heavy atom. The first-order valence-electron chi connectivity index (χ1n) is 9.44. The van der Waals surface area contributed by atoms with Crippen molar-refractivity contribution in [3.05, 3.63) is 47.8 Å². The Morgan fingerprint density at radius 2 is 1.92 bits per heavy atom. The van der Waals surface area contributed by atoms with Crippen molar-refractivity contribution in [2.75, 3.05) is 13.1 Å². The lowest BCUT2D eigenvalue weighted by molar-refractivity contribution is -0.141. The summed E-state index contributed by atoms with van der Waals surface area (Å²) in [6, 6.07) is 10.2. The molecule has 1 aromatic carbocycles. The second-order valence-electron chi connectivity index (χ2n) is 7.99. The molecule has 1 atom stereocenters. The number of carbonyl (C=O) groups is 1. The van der Waals surface area contributed by atoms with E-state index in [4.69, 9.17) is 0 Å². The zero-order chi connectivity index (χ0) is 18.4. The maximum atomic E-state index is 13.3. The van der Waals surface area contributed by atoms with Gasteiger partial charge in [0.25, 0.3) is 0 Å². The number of amides is 1. The standard InChI is InChI=1S/C20H26N4O2/c1-15(2)24-13-17(21-22-24)20(26)9-6-12-23(14-20)18(25)19(10-11-19)16-7-4-3-5-8-16/h3-5,7-8,13,15,26H,6,9-12,14H2,1-2H3/t20-/m0/s1. The van der Waals surface area contributed by atoms with Crippen molar-refractivity contribution in [3.8, 4) is 0 Å². The van der Waals surface area contributed by atoms with Crippen LogP contribution in [0.1, 0.15) is 56.8 Å². The van der Waals surface area contributed by atoms with E-state index in [-0.39, 0.29) is 18.5 Å². The zero-order valence-electron chi connectivity index (χ0n) is 15.4. The number of piperidine rings is 1. The van der Waals surface area contributed by atoms with Crippen LogP contribution in [0.4, 0.5) is 0 Å². The summed E-state index contributed by atoms with van der Waals surface area (Å²) in [6.45, 7) is 5.02. The molecule has 0 unspecified atom stereocenters. The van der Waals surface area contributed by atoms with E-state index in [9.17, 15) is 9.90 Å². The van der Waals surface area contributed by atoms with E-state index in [1.54, 1.807) is 4.68 Å². The molecule has 1 saturated heterocycles. The number of β-amino-alcohol motifs (C(OH)–C–C–N with tert-alkyl or cyclic N) is 1. The highest BCUT2D eigenvalue weighted by Crippen LogP contribution is 2.50. The molecule has 26 heavy (non-hydrogen) atoms. The first-order chi connectivity index (χ1) is 12.4. The average Bonchev–Trinajstić information content (AvgIpc) is 3.29. The molecule has 0 spiro atoms. The molecule has 1 aromatic heterocycles. The van der Waals surface area contributed by atoms with E-state index >= 15 is 0 Å². The fraction of sp³-hybridized carbons (Fsp3) is 0.550. The Hall–Kier alpha value is -2.21. The number of likely N-dealkylation sites (tertiary alicyclic amines) is 1. The van der Waals surface area contributed by atoms with Gasteiger partial charge in [-0.15, -0.1) is 5.10 Å². The monoisotopic (exact) mass is 354 g/mol. The number of aromatic nitrogens is 3. The number of hydrogen-bond acceptors (Lipinski definition) is 4. The minimum absolute atomic E-state index is 0.137. The Morgan fingerprint density at radius 3 is 2.54 bits per heavy atom. The fourth-order valence-corrected chi connectivity index (χ4v) is 3.97. The molecular weight excluding hydrogens is 328 g/mol. The topological polar surface area (TPSA) is 71.2 Å². The molecule has 0 bridgehead atoms. The summed E-state index contributed by atoms with van der Waals surface area (Å²) in [6.07, 6.45) is 4.94. The fourth-order valence-electron chi connectivity index (χ4n) is 3.97. The molecule has 2 fully saturated rings. The smallest absolute Gasteiger partial charge is 0.233 e. The molecule has 2 aromatic rings. The minimum atomic E-state index is -1.12. The van der Waals surface area contributed by atoms with E-state index in [0.29, 0.717) is 18.7 Å². The van der Waals surface area contributed by atoms with Gasteiger partial charge in [-0.05, 0) is 45.1 Å². The molecule has 2 heterocycles. The SMILES string of the molecule is CC(C)n1cc([C@]2(O)CCCN(C(=O)C3(c4ccccc4)CC3)C2)nn1. The number of hydrogen-bond donors (Lipinski definition) is 1. The van der Waals surface area contributed by atoms with Gasteiger partial charge in [0.2, 0.25) is 5.91 Å². The highest BCUT2D eigenvalue weighted by Gasteiger charge is 2.54. The molecular formula is C20H26N4O2. The first-order valence-corrected chi connectivity index (χ1v) is 9.44. The number of rotatable bonds is 4. The summed E-state index contributed by atoms with van der Waals surface area (Å²) in [5, 5.41) is 19.5. The van der Waals surface area contributed by atoms with Gasteiger partial charge in [0, 0.05) is 12.6 Å². The van der Waals surface area contributed by atoms with E-state index in [0.717, 1.165) is 24.8 Å². The van der Waals surface area contributed by atoms with Crippen LogP contribution in [-0.2, 0) is 15.8 Å². The summed E-state index contributed by atoms with van der Waals surface area (Å²) in [7, 11) is 0. The molecule has 138 valence electrons. The van der Waals surface area contributed by atoms with Gasteiger partial charge in [-0.2, -0.15) is 0 Å². The summed E-state index contributed by atoms with van der Waals surface area (Å²) in [5.74, 6) is 0.137. The number of carbonyl (C=O) groups excluding carboxylic acids is 1. The van der Waals surface area contributed by atoms with Crippen LogP contribution in [0.2, 0.25) is 0 Å². The highest BCUT2D eigenvalue weighted by atomic mass is 16.3. The van der Waals surface area contributed by atoms with Crippen LogP contribution >= 0.6 is 0 Å². The number of aliphatic hydroxyl groups is 1. The van der Waals surface area contributed by atoms with Crippen LogP contribution in [0, 0.1) is 0 Å². The molecule has 1 aliphatic carbocycles. The highest BCUT2D eigenvalue weighted by molar-refractivity contribution is 5.91. The predicted molar refractivity (Wildman–Crippen MR) is 97.5 cm³/mol. The van der Waals surface area contributed by atoms with Gasteiger partial charge in [-0.3, -0.25) is 4.79 Å². The van der Waals surface area contributed by atoms with Gasteiger partial charge in [-0.25, -0.2) is 4.68 Å². The van der Waals surface area contributed by atoms with Crippen molar-refractivity contribution < 1.29 is 9.90 Å². The third kappa shape index (κ3) is 2.82. The van der Waals surface area contributed by atoms with E-state index in [1.165, 1.54) is 0 Å². The van der Waals surface area contributed by atoms with Crippen molar-refractivity contribution in [2.24, 2.45) is 0 Å². The zero-order valence-corrected chi connectivity index (χ0v) is 15.4. The Labute approximate surface area is 153 Å². The maximum Gasteiger partial charge on any atom is 0.233 e. The summed E-state index contributed by atoms with van der Waals surface area (Å²) < 4.78 is 1.75. The quantitative estimate of drug-likeness (QED) is 0.915. The molecule has 1 saturated carbocycles. The molecule has 6 nitrogen and oxygen atoms in total. The Bertz CT molecular complexity index is 797. The van der Waals surface area contributed by atoms with Crippen molar-refractivity contribution in [2.45, 2.75) is 56.6 Å². The van der Waals surface area contributed by atoms with Crippen LogP contribution in [0.15, 0.2) is 36.5 Å². The molecule has 2 aliphatic rings. The van der Waals surface area contributed by atoms with Gasteiger partial charge >= 0.3 is 0 Å². The summed E-state index contributed by atoms with van der Waals surface area (Å²) in [5.41, 5.74) is 0.140. The summed E-state index contributed by atoms with van der Waals surface area (Å²) >= 11 is 0. The molecule has 4 rings (SSSR count). The van der Waals surface area contributed by atoms with Crippen molar-refractivity contribution in [3.63, 3.8) is 0 Å². The van der Waals surface area contributed by atoms with Crippen molar-refractivity contribution >= 4 is 5.91 Å². The number of nitrogens with zero attached hydrogens (tertiary/aromatic N) is 4. The number of benzene rings is 1. The third-order valence-electron chi connectivity index (χ3n) is 5.76. The lowest BCUT2D eigenvalue weighted by Gasteiger charge is -2.39. The third-order valence-corrected chi connectivity index (χ3v) is 5.76. The van der Waals surface area contributed by atoms with Crippen molar-refractivity contribution in [1.29, 1.82) is 0 Å². The van der Waals surface area contributed by atoms with E-state index < -0.39 is 11.0 Å². The minimum Gasteiger partial charge on any atom is -0.382 e. The van der Waals surface area contributed by atoms with Crippen LogP contribution in [0.5, 0.6) is 0 Å². The van der Waals surface area contributed by atoms with Crippen LogP contribution < -0.4 is 0 Å². The van der Waals surface area contributed by atoms with E-state index in [1.807, 2.05) is 55.3 Å². The molecule has 6 heteroatoms. The van der Waals surface area contributed by atoms with Gasteiger partial charge in [-0.1, -0.05) is 35.5 Å². The maximum absolute atomic E-state index is 13.3. The summed E-state index contributed by atoms with van der Waals surface area (Å²) in [4.78, 5) is 15.1. The van der Waals surface area contributed by atoms with Gasteiger partial charge in [0.15, 0.2) is 0 Å². The molecule has 1 amide bonds. The second kappa shape index (κ2) is 6.20. The molecule has 1 N–H and O–H groups in total. The first kappa shape index (κ1) is 17.2. The molecule has 1 aliphatic heterocycles. The van der Waals surface area contributed by atoms with Crippen LogP contribution in [-0.4, -0.2) is 44.0 Å². The average molecular weight is 354 g/mol. The lowest BCUT2D eigenvalue weighted by atomic mass is 9.87. The van der Waals surface area contributed by atoms with Crippen LogP contribution in [0.25, 0.3) is 0 Å². The Balaban J connectivity index is 1.56.